The molecule has 2 nitrogen and oxygen atoms in total. The fraction of sp³-hybridized carbons (Fsp3) is 0. The normalized spacial score (nSPS) is 11.2. The number of para-hydroxylation sites is 1. The van der Waals surface area contributed by atoms with Crippen molar-refractivity contribution in [3.8, 4) is 27.9 Å². The fourth-order valence-electron chi connectivity index (χ4n) is 4.54. The van der Waals surface area contributed by atoms with E-state index in [1.165, 1.54) is 49.7 Å². The van der Waals surface area contributed by atoms with Crippen LogP contribution in [-0.4, -0.2) is 4.57 Å². The van der Waals surface area contributed by atoms with Crippen molar-refractivity contribution in [3.63, 3.8) is 0 Å². The van der Waals surface area contributed by atoms with Gasteiger partial charge in [-0.1, -0.05) is 72.8 Å². The Morgan fingerprint density at radius 2 is 0.906 bits per heavy atom. The van der Waals surface area contributed by atoms with Crippen molar-refractivity contribution in [3.05, 3.63) is 121 Å². The maximum absolute atomic E-state index is 5.91. The van der Waals surface area contributed by atoms with Crippen LogP contribution in [0.5, 0.6) is 0 Å². The van der Waals surface area contributed by atoms with E-state index in [1.807, 2.05) is 12.1 Å². The molecule has 2 heteroatoms. The molecular formula is C30H22N2. The van der Waals surface area contributed by atoms with Crippen molar-refractivity contribution >= 4 is 27.5 Å². The molecule has 0 radical (unpaired) electrons. The van der Waals surface area contributed by atoms with Gasteiger partial charge in [-0.05, 0) is 70.8 Å². The number of rotatable bonds is 3. The number of hydrogen-bond donors (Lipinski definition) is 1. The summed E-state index contributed by atoms with van der Waals surface area (Å²) in [7, 11) is 0. The summed E-state index contributed by atoms with van der Waals surface area (Å²) in [6, 6.07) is 42.7. The molecule has 5 aromatic carbocycles. The van der Waals surface area contributed by atoms with E-state index >= 15 is 0 Å². The van der Waals surface area contributed by atoms with E-state index in [4.69, 9.17) is 5.73 Å². The molecule has 32 heavy (non-hydrogen) atoms. The van der Waals surface area contributed by atoms with Crippen molar-refractivity contribution in [1.29, 1.82) is 0 Å². The first-order chi connectivity index (χ1) is 15.8. The number of benzene rings is 5. The zero-order valence-electron chi connectivity index (χ0n) is 17.6. The van der Waals surface area contributed by atoms with Gasteiger partial charge in [0.2, 0.25) is 0 Å². The van der Waals surface area contributed by atoms with Gasteiger partial charge in [0, 0.05) is 22.1 Å². The zero-order chi connectivity index (χ0) is 21.5. The van der Waals surface area contributed by atoms with Gasteiger partial charge in [-0.15, -0.1) is 0 Å². The molecule has 1 aromatic heterocycles. The van der Waals surface area contributed by atoms with Crippen molar-refractivity contribution < 1.29 is 0 Å². The first kappa shape index (κ1) is 18.5. The van der Waals surface area contributed by atoms with Crippen LogP contribution in [0, 0.1) is 0 Å². The molecule has 0 fully saturated rings. The number of hydrogen-bond acceptors (Lipinski definition) is 1. The number of nitrogens with two attached hydrogens (primary N) is 1. The van der Waals surface area contributed by atoms with Gasteiger partial charge in [-0.3, -0.25) is 0 Å². The molecule has 0 spiro atoms. The molecule has 0 bridgehead atoms. The summed E-state index contributed by atoms with van der Waals surface area (Å²) in [6.07, 6.45) is 0. The maximum Gasteiger partial charge on any atom is 0.0541 e. The monoisotopic (exact) mass is 410 g/mol. The minimum atomic E-state index is 0.781. The summed E-state index contributed by atoms with van der Waals surface area (Å²) >= 11 is 0. The standard InChI is InChI=1S/C30H22N2/c31-25-15-11-22(12-16-25)24-14-18-30-28(20-24)27-19-23(21-7-3-1-4-8-21)13-17-29(27)32(30)26-9-5-2-6-10-26/h1-20H,31H2. The summed E-state index contributed by atoms with van der Waals surface area (Å²) in [4.78, 5) is 0. The van der Waals surface area contributed by atoms with Crippen molar-refractivity contribution in [2.45, 2.75) is 0 Å². The third-order valence-electron chi connectivity index (χ3n) is 6.13. The second kappa shape index (κ2) is 7.44. The Kier molecular flexibility index (Phi) is 4.29. The second-order valence-corrected chi connectivity index (χ2v) is 8.12. The minimum Gasteiger partial charge on any atom is -0.399 e. The predicted octanol–water partition coefficient (Wildman–Crippen LogP) is 7.70. The Labute approximate surface area is 187 Å². The van der Waals surface area contributed by atoms with E-state index in [-0.39, 0.29) is 0 Å². The Morgan fingerprint density at radius 3 is 1.47 bits per heavy atom. The molecule has 152 valence electrons. The van der Waals surface area contributed by atoms with Crippen LogP contribution in [0.2, 0.25) is 0 Å². The molecular weight excluding hydrogens is 388 g/mol. The van der Waals surface area contributed by atoms with Crippen molar-refractivity contribution in [1.82, 2.24) is 4.57 Å². The van der Waals surface area contributed by atoms with Crippen LogP contribution in [0.15, 0.2) is 121 Å². The summed E-state index contributed by atoms with van der Waals surface area (Å²) in [5, 5.41) is 2.50. The number of fused-ring (bicyclic) bond motifs is 3. The first-order valence-electron chi connectivity index (χ1n) is 10.8. The Morgan fingerprint density at radius 1 is 0.438 bits per heavy atom. The van der Waals surface area contributed by atoms with Gasteiger partial charge in [0.1, 0.15) is 0 Å². The highest BCUT2D eigenvalue weighted by Gasteiger charge is 2.14. The van der Waals surface area contributed by atoms with Crippen LogP contribution in [0.25, 0.3) is 49.7 Å². The minimum absolute atomic E-state index is 0.781. The molecule has 0 unspecified atom stereocenters. The van der Waals surface area contributed by atoms with Crippen LogP contribution in [0.4, 0.5) is 5.69 Å². The molecule has 6 aromatic rings. The van der Waals surface area contributed by atoms with Crippen LogP contribution in [0.3, 0.4) is 0 Å². The van der Waals surface area contributed by atoms with Crippen molar-refractivity contribution in [2.24, 2.45) is 0 Å². The number of nitrogen functional groups attached to an aromatic ring is 1. The fourth-order valence-corrected chi connectivity index (χ4v) is 4.54. The molecule has 0 aliphatic rings. The summed E-state index contributed by atoms with van der Waals surface area (Å²) in [5.41, 5.74) is 15.1. The lowest BCUT2D eigenvalue weighted by Crippen LogP contribution is -1.93. The van der Waals surface area contributed by atoms with E-state index in [0.29, 0.717) is 0 Å². The third-order valence-corrected chi connectivity index (χ3v) is 6.13. The zero-order valence-corrected chi connectivity index (χ0v) is 17.6. The van der Waals surface area contributed by atoms with Crippen LogP contribution in [-0.2, 0) is 0 Å². The SMILES string of the molecule is Nc1ccc(-c2ccc3c(c2)c2cc(-c4ccccc4)ccc2n3-c2ccccc2)cc1. The first-order valence-corrected chi connectivity index (χ1v) is 10.8. The second-order valence-electron chi connectivity index (χ2n) is 8.12. The smallest absolute Gasteiger partial charge is 0.0541 e. The Hall–Kier alpha value is -4.30. The van der Waals surface area contributed by atoms with E-state index in [2.05, 4.69) is 114 Å². The number of nitrogens with zero attached hydrogens (tertiary/aromatic N) is 1. The quantitative estimate of drug-likeness (QED) is 0.298. The molecule has 1 heterocycles. The van der Waals surface area contributed by atoms with Crippen LogP contribution >= 0.6 is 0 Å². The van der Waals surface area contributed by atoms with Gasteiger partial charge in [-0.2, -0.15) is 0 Å². The molecule has 2 N–H and O–H groups in total. The van der Waals surface area contributed by atoms with E-state index in [9.17, 15) is 0 Å². The molecule has 6 rings (SSSR count). The van der Waals surface area contributed by atoms with E-state index in [1.54, 1.807) is 0 Å². The van der Waals surface area contributed by atoms with Gasteiger partial charge in [-0.25, -0.2) is 0 Å². The predicted molar refractivity (Wildman–Crippen MR) is 136 cm³/mol. The van der Waals surface area contributed by atoms with Crippen LogP contribution < -0.4 is 5.73 Å². The Bertz CT molecular complexity index is 1540. The summed E-state index contributed by atoms with van der Waals surface area (Å²) in [6.45, 7) is 0. The van der Waals surface area contributed by atoms with Gasteiger partial charge in [0.25, 0.3) is 0 Å². The molecule has 0 saturated heterocycles. The average molecular weight is 411 g/mol. The highest BCUT2D eigenvalue weighted by atomic mass is 15.0. The summed E-state index contributed by atoms with van der Waals surface area (Å²) in [5.74, 6) is 0. The summed E-state index contributed by atoms with van der Waals surface area (Å²) < 4.78 is 2.35. The topological polar surface area (TPSA) is 30.9 Å². The molecule has 0 aliphatic heterocycles. The van der Waals surface area contributed by atoms with Gasteiger partial charge in [0.05, 0.1) is 11.0 Å². The lowest BCUT2D eigenvalue weighted by atomic mass is 10.0. The van der Waals surface area contributed by atoms with Crippen LogP contribution in [0.1, 0.15) is 0 Å². The van der Waals surface area contributed by atoms with Gasteiger partial charge < -0.3 is 10.3 Å². The highest BCUT2D eigenvalue weighted by molar-refractivity contribution is 6.11. The van der Waals surface area contributed by atoms with Gasteiger partial charge in [0.15, 0.2) is 0 Å². The maximum atomic E-state index is 5.91. The number of anilines is 1. The Balaban J connectivity index is 1.65. The average Bonchev–Trinajstić information content (AvgIpc) is 3.18. The molecule has 0 aliphatic carbocycles. The molecule has 0 saturated carbocycles. The number of aromatic nitrogens is 1. The molecule has 0 amide bonds. The van der Waals surface area contributed by atoms with E-state index < -0.39 is 0 Å². The van der Waals surface area contributed by atoms with Crippen molar-refractivity contribution in [2.75, 3.05) is 5.73 Å². The van der Waals surface area contributed by atoms with Gasteiger partial charge >= 0.3 is 0 Å². The third kappa shape index (κ3) is 3.05. The highest BCUT2D eigenvalue weighted by Crippen LogP contribution is 2.37. The van der Waals surface area contributed by atoms with E-state index in [0.717, 1.165) is 5.69 Å². The largest absolute Gasteiger partial charge is 0.399 e. The molecule has 0 atom stereocenters. The lowest BCUT2D eigenvalue weighted by molar-refractivity contribution is 1.18. The lowest BCUT2D eigenvalue weighted by Gasteiger charge is -2.08.